The number of hydrogen-bond acceptors (Lipinski definition) is 7. The fraction of sp³-hybridized carbons (Fsp3) is 0.842. The van der Waals surface area contributed by atoms with Crippen molar-refractivity contribution in [2.45, 2.75) is 50.3 Å². The first-order valence-corrected chi connectivity index (χ1v) is 12.2. The highest BCUT2D eigenvalue weighted by Crippen LogP contribution is 2.43. The molecule has 3 N–H and O–H groups in total. The third kappa shape index (κ3) is 6.37. The van der Waals surface area contributed by atoms with Crippen LogP contribution in [0.1, 0.15) is 32.6 Å². The van der Waals surface area contributed by atoms with Crippen LogP contribution >= 0.6 is 0 Å². The summed E-state index contributed by atoms with van der Waals surface area (Å²) in [5.74, 6) is -0.436. The van der Waals surface area contributed by atoms with Crippen molar-refractivity contribution in [2.24, 2.45) is 5.73 Å². The van der Waals surface area contributed by atoms with Gasteiger partial charge in [-0.3, -0.25) is 14.5 Å². The van der Waals surface area contributed by atoms with Gasteiger partial charge < -0.3 is 20.6 Å². The zero-order valence-electron chi connectivity index (χ0n) is 17.7. The van der Waals surface area contributed by atoms with Crippen LogP contribution in [-0.4, -0.2) is 110 Å². The Morgan fingerprint density at radius 3 is 2.62 bits per heavy atom. The third-order valence-corrected chi connectivity index (χ3v) is 7.06. The molecule has 0 saturated carbocycles. The number of likely N-dealkylation sites (N-methyl/N-ethyl adjacent to an activating group) is 1. The molecule has 2 aliphatic rings. The van der Waals surface area contributed by atoms with Gasteiger partial charge in [0, 0.05) is 51.9 Å². The van der Waals surface area contributed by atoms with Crippen molar-refractivity contribution >= 4 is 21.7 Å². The summed E-state index contributed by atoms with van der Waals surface area (Å²) in [7, 11) is -1.23. The molecule has 2 rings (SSSR count). The van der Waals surface area contributed by atoms with E-state index in [1.165, 1.54) is 13.2 Å². The first-order valence-electron chi connectivity index (χ1n) is 10.1. The minimum absolute atomic E-state index is 0.0642. The van der Waals surface area contributed by atoms with E-state index in [0.717, 1.165) is 12.8 Å². The smallest absolute Gasteiger partial charge is 0.237 e. The zero-order valence-corrected chi connectivity index (χ0v) is 18.5. The second-order valence-corrected chi connectivity index (χ2v) is 10.8. The quantitative estimate of drug-likeness (QED) is 0.424. The summed E-state index contributed by atoms with van der Waals surface area (Å²) in [6.45, 7) is 3.21. The van der Waals surface area contributed by atoms with E-state index in [1.54, 1.807) is 11.9 Å². The average molecular weight is 432 g/mol. The largest absolute Gasteiger partial charge is 0.390 e. The predicted molar refractivity (Wildman–Crippen MR) is 111 cm³/mol. The lowest BCUT2D eigenvalue weighted by molar-refractivity contribution is -0.134. The Labute approximate surface area is 174 Å². The first kappa shape index (κ1) is 24.0. The Morgan fingerprint density at radius 2 is 2.03 bits per heavy atom. The molecule has 2 bridgehead atoms. The van der Waals surface area contributed by atoms with Gasteiger partial charge >= 0.3 is 0 Å². The lowest BCUT2D eigenvalue weighted by Crippen LogP contribution is -2.60. The van der Waals surface area contributed by atoms with Crippen LogP contribution in [0, 0.1) is 6.42 Å². The Kier molecular flexibility index (Phi) is 8.06. The Morgan fingerprint density at radius 1 is 1.34 bits per heavy atom. The second-order valence-electron chi connectivity index (χ2n) is 8.52. The monoisotopic (exact) mass is 431 g/mol. The van der Waals surface area contributed by atoms with Crippen LogP contribution in [-0.2, 0) is 19.4 Å². The van der Waals surface area contributed by atoms with Crippen LogP contribution in [0.25, 0.3) is 0 Å². The summed E-state index contributed by atoms with van der Waals surface area (Å²) in [6, 6.07) is 0.207. The lowest BCUT2D eigenvalue weighted by atomic mass is 9.87. The van der Waals surface area contributed by atoms with Crippen LogP contribution in [0.5, 0.6) is 0 Å². The fourth-order valence-electron chi connectivity index (χ4n) is 4.36. The van der Waals surface area contributed by atoms with Crippen molar-refractivity contribution < 1.29 is 23.1 Å². The SMILES string of the molecule is CC(=O)N(CCN(C)CCS(C)(=O)=O)CC(O)CN1[C@@H]2C[CH]C[C@@]1(C(N)=O)CC2. The summed E-state index contributed by atoms with van der Waals surface area (Å²) in [5, 5.41) is 10.7. The lowest BCUT2D eigenvalue weighted by Gasteiger charge is -2.43. The number of nitrogens with two attached hydrogens (primary N) is 1. The number of piperidine rings is 1. The average Bonchev–Trinajstić information content (AvgIpc) is 2.81. The minimum Gasteiger partial charge on any atom is -0.390 e. The number of nitrogens with zero attached hydrogens (tertiary/aromatic N) is 3. The molecule has 0 aromatic heterocycles. The highest BCUT2D eigenvalue weighted by molar-refractivity contribution is 7.90. The molecule has 0 aromatic rings. The van der Waals surface area contributed by atoms with Crippen molar-refractivity contribution in [1.82, 2.24) is 14.7 Å². The predicted octanol–water partition coefficient (Wildman–Crippen LogP) is -1.14. The van der Waals surface area contributed by atoms with E-state index in [2.05, 4.69) is 6.42 Å². The fourth-order valence-corrected chi connectivity index (χ4v) is 5.01. The van der Waals surface area contributed by atoms with Crippen molar-refractivity contribution in [2.75, 3.05) is 51.8 Å². The molecule has 1 radical (unpaired) electrons. The molecule has 3 atom stereocenters. The van der Waals surface area contributed by atoms with E-state index in [1.807, 2.05) is 9.80 Å². The standard InChI is InChI=1S/C19H35N4O5S/c1-15(24)22(10-9-21(2)11-12-29(3,27)28)13-17(25)14-23-16-5-4-7-19(23,8-6-16)18(20)26/h4,16-17,25H,5-14H2,1-3H3,(H2,20,26)/t16-,17?,19+/m1/s1. The molecule has 2 amide bonds. The minimum atomic E-state index is -3.03. The molecule has 2 aliphatic heterocycles. The summed E-state index contributed by atoms with van der Waals surface area (Å²) in [6.07, 6.45) is 5.59. The maximum atomic E-state index is 12.1. The number of sulfone groups is 1. The Bertz CT molecular complexity index is 697. The summed E-state index contributed by atoms with van der Waals surface area (Å²) >= 11 is 0. The number of hydrogen-bond donors (Lipinski definition) is 2. The van der Waals surface area contributed by atoms with Crippen LogP contribution < -0.4 is 5.73 Å². The summed E-state index contributed by atoms with van der Waals surface area (Å²) in [4.78, 5) is 29.6. The van der Waals surface area contributed by atoms with Gasteiger partial charge in [0.15, 0.2) is 0 Å². The van der Waals surface area contributed by atoms with Crippen molar-refractivity contribution in [1.29, 1.82) is 0 Å². The molecule has 0 spiro atoms. The van der Waals surface area contributed by atoms with E-state index >= 15 is 0 Å². The number of aliphatic hydroxyl groups excluding tert-OH is 1. The van der Waals surface area contributed by atoms with E-state index in [-0.39, 0.29) is 30.2 Å². The van der Waals surface area contributed by atoms with Crippen molar-refractivity contribution in [3.05, 3.63) is 6.42 Å². The van der Waals surface area contributed by atoms with Gasteiger partial charge in [0.2, 0.25) is 11.8 Å². The van der Waals surface area contributed by atoms with Crippen LogP contribution in [0.3, 0.4) is 0 Å². The normalized spacial score (nSPS) is 25.9. The molecule has 2 heterocycles. The first-order chi connectivity index (χ1) is 13.4. The van der Waals surface area contributed by atoms with Crippen molar-refractivity contribution in [3.63, 3.8) is 0 Å². The summed E-state index contributed by atoms with van der Waals surface area (Å²) in [5.41, 5.74) is 4.99. The van der Waals surface area contributed by atoms with Crippen molar-refractivity contribution in [3.8, 4) is 0 Å². The molecule has 1 unspecified atom stereocenters. The second kappa shape index (κ2) is 9.72. The van der Waals surface area contributed by atoms with Gasteiger partial charge in [-0.15, -0.1) is 0 Å². The molecule has 0 aliphatic carbocycles. The maximum Gasteiger partial charge on any atom is 0.237 e. The summed E-state index contributed by atoms with van der Waals surface area (Å²) < 4.78 is 22.6. The van der Waals surface area contributed by atoms with E-state index in [4.69, 9.17) is 5.73 Å². The van der Waals surface area contributed by atoms with E-state index in [0.29, 0.717) is 39.0 Å². The Hall–Kier alpha value is -1.23. The molecule has 10 heteroatoms. The third-order valence-electron chi connectivity index (χ3n) is 6.14. The molecule has 9 nitrogen and oxygen atoms in total. The number of primary amides is 1. The molecule has 29 heavy (non-hydrogen) atoms. The van der Waals surface area contributed by atoms with Gasteiger partial charge in [-0.05, 0) is 39.2 Å². The van der Waals surface area contributed by atoms with Gasteiger partial charge in [-0.1, -0.05) is 0 Å². The number of rotatable bonds is 11. The number of β-amino-alcohol motifs (C(OH)–C–C–N with tert-alkyl or cyclic N) is 1. The highest BCUT2D eigenvalue weighted by Gasteiger charge is 2.52. The number of carbonyl (C=O) groups excluding carboxylic acids is 2. The highest BCUT2D eigenvalue weighted by atomic mass is 32.2. The number of carbonyl (C=O) groups is 2. The molecule has 2 fully saturated rings. The molecule has 0 aromatic carbocycles. The van der Waals surface area contributed by atoms with E-state index < -0.39 is 21.5 Å². The van der Waals surface area contributed by atoms with Crippen LogP contribution in [0.4, 0.5) is 0 Å². The molecule has 167 valence electrons. The molecular weight excluding hydrogens is 396 g/mol. The van der Waals surface area contributed by atoms with Gasteiger partial charge in [0.1, 0.15) is 15.4 Å². The number of aliphatic hydroxyl groups is 1. The van der Waals surface area contributed by atoms with Gasteiger partial charge in [-0.25, -0.2) is 8.42 Å². The topological polar surface area (TPSA) is 124 Å². The van der Waals surface area contributed by atoms with Gasteiger partial charge in [0.25, 0.3) is 0 Å². The number of amides is 2. The molecule has 2 saturated heterocycles. The molecular formula is C19H35N4O5S. The zero-order chi connectivity index (χ0) is 21.8. The van der Waals surface area contributed by atoms with Gasteiger partial charge in [-0.2, -0.15) is 0 Å². The number of fused-ring (bicyclic) bond motifs is 2. The van der Waals surface area contributed by atoms with Crippen LogP contribution in [0.15, 0.2) is 0 Å². The Balaban J connectivity index is 1.90. The van der Waals surface area contributed by atoms with E-state index in [9.17, 15) is 23.1 Å². The maximum absolute atomic E-state index is 12.1. The van der Waals surface area contributed by atoms with Crippen LogP contribution in [0.2, 0.25) is 0 Å². The van der Waals surface area contributed by atoms with Gasteiger partial charge in [0.05, 0.1) is 11.9 Å².